The number of anilines is 1. The van der Waals surface area contributed by atoms with E-state index >= 15 is 0 Å². The molecule has 1 spiro atoms. The van der Waals surface area contributed by atoms with E-state index in [1.807, 2.05) is 0 Å². The minimum Gasteiger partial charge on any atom is -0.345 e. The number of fused-ring (bicyclic) bond motifs is 3. The molecule has 1 saturated heterocycles. The highest BCUT2D eigenvalue weighted by Gasteiger charge is 2.54. The smallest absolute Gasteiger partial charge is 0.345 e. The van der Waals surface area contributed by atoms with Gasteiger partial charge >= 0.3 is 6.18 Å². The van der Waals surface area contributed by atoms with Crippen molar-refractivity contribution in [3.8, 4) is 0 Å². The number of nitrogens with zero attached hydrogens (tertiary/aromatic N) is 3. The number of carbonyl (C=O) groups excluding carboxylic acids is 3. The number of piperidine rings is 1. The number of benzene rings is 2. The molecule has 1 fully saturated rings. The van der Waals surface area contributed by atoms with Crippen LogP contribution in [0.2, 0.25) is 10.0 Å². The molecule has 194 valence electrons. The number of halogens is 5. The van der Waals surface area contributed by atoms with Gasteiger partial charge in [0.25, 0.3) is 5.91 Å². The standard InChI is InChI=1S/C24H20Cl2F3N5O3/c25-15-2-4-17-19(20(15)26)23(22(37)34(17)11-18(35)30-12-24(27,28)29)5-7-33(8-6-23)21(36)13-1-3-16-14(9-13)10-31-32-16/h1-4,9-10H,5-8,11-12H2,(H,30,35)(H,31,32). The molecule has 3 amide bonds. The van der Waals surface area contributed by atoms with Crippen molar-refractivity contribution in [1.82, 2.24) is 20.4 Å². The number of amides is 3. The van der Waals surface area contributed by atoms with Gasteiger partial charge in [-0.1, -0.05) is 23.2 Å². The molecule has 0 radical (unpaired) electrons. The van der Waals surface area contributed by atoms with Crippen LogP contribution in [0.1, 0.15) is 28.8 Å². The average Bonchev–Trinajstić information content (AvgIpc) is 3.42. The van der Waals surface area contributed by atoms with Crippen LogP contribution in [0.25, 0.3) is 10.9 Å². The molecule has 2 aliphatic heterocycles. The Morgan fingerprint density at radius 3 is 2.57 bits per heavy atom. The molecule has 5 rings (SSSR count). The number of aromatic amines is 1. The zero-order valence-corrected chi connectivity index (χ0v) is 20.7. The molecule has 3 heterocycles. The second kappa shape index (κ2) is 9.21. The lowest BCUT2D eigenvalue weighted by atomic mass is 9.73. The molecule has 37 heavy (non-hydrogen) atoms. The van der Waals surface area contributed by atoms with Crippen molar-refractivity contribution in [2.24, 2.45) is 0 Å². The van der Waals surface area contributed by atoms with Gasteiger partial charge in [-0.3, -0.25) is 19.5 Å². The fourth-order valence-corrected chi connectivity index (χ4v) is 5.56. The summed E-state index contributed by atoms with van der Waals surface area (Å²) in [5.74, 6) is -1.62. The molecule has 13 heteroatoms. The number of likely N-dealkylation sites (tertiary alicyclic amines) is 1. The number of rotatable bonds is 4. The van der Waals surface area contributed by atoms with Crippen LogP contribution in [0, 0.1) is 0 Å². The number of alkyl halides is 3. The monoisotopic (exact) mass is 553 g/mol. The van der Waals surface area contributed by atoms with E-state index in [-0.39, 0.29) is 41.9 Å². The van der Waals surface area contributed by atoms with Gasteiger partial charge in [0.15, 0.2) is 0 Å². The molecular weight excluding hydrogens is 534 g/mol. The predicted molar refractivity (Wildman–Crippen MR) is 131 cm³/mol. The van der Waals surface area contributed by atoms with E-state index in [9.17, 15) is 27.6 Å². The number of aromatic nitrogens is 2. The molecule has 0 atom stereocenters. The summed E-state index contributed by atoms with van der Waals surface area (Å²) < 4.78 is 37.6. The Balaban J connectivity index is 1.39. The summed E-state index contributed by atoms with van der Waals surface area (Å²) in [6.07, 6.45) is -2.54. The van der Waals surface area contributed by atoms with E-state index in [4.69, 9.17) is 23.2 Å². The Hall–Kier alpha value is -3.31. The second-order valence-electron chi connectivity index (χ2n) is 9.09. The fraction of sp³-hybridized carbons (Fsp3) is 0.333. The van der Waals surface area contributed by atoms with Gasteiger partial charge in [0.05, 0.1) is 32.9 Å². The molecule has 0 unspecified atom stereocenters. The number of H-pyrrole nitrogens is 1. The summed E-state index contributed by atoms with van der Waals surface area (Å²) in [6, 6.07) is 8.20. The third-order valence-electron chi connectivity index (χ3n) is 6.88. The van der Waals surface area contributed by atoms with E-state index in [0.717, 1.165) is 15.8 Å². The lowest BCUT2D eigenvalue weighted by molar-refractivity contribution is -0.138. The van der Waals surface area contributed by atoms with Crippen molar-refractivity contribution >= 4 is 57.5 Å². The van der Waals surface area contributed by atoms with Crippen molar-refractivity contribution in [3.05, 3.63) is 57.7 Å². The van der Waals surface area contributed by atoms with Gasteiger partial charge in [-0.05, 0) is 43.2 Å². The molecule has 2 aromatic carbocycles. The Morgan fingerprint density at radius 1 is 1.14 bits per heavy atom. The molecular formula is C24H20Cl2F3N5O3. The Kier molecular flexibility index (Phi) is 6.31. The van der Waals surface area contributed by atoms with Gasteiger partial charge in [-0.2, -0.15) is 18.3 Å². The summed E-state index contributed by atoms with van der Waals surface area (Å²) in [5, 5.41) is 9.73. The summed E-state index contributed by atoms with van der Waals surface area (Å²) in [5.41, 5.74) is 0.876. The Bertz CT molecular complexity index is 1420. The molecule has 2 N–H and O–H groups in total. The van der Waals surface area contributed by atoms with Crippen molar-refractivity contribution in [3.63, 3.8) is 0 Å². The topological polar surface area (TPSA) is 98.4 Å². The fourth-order valence-electron chi connectivity index (χ4n) is 5.06. The van der Waals surface area contributed by atoms with E-state index in [1.54, 1.807) is 34.6 Å². The number of carbonyl (C=O) groups is 3. The number of hydrogen-bond acceptors (Lipinski definition) is 4. The first-order chi connectivity index (χ1) is 17.5. The average molecular weight is 554 g/mol. The number of nitrogens with one attached hydrogen (secondary N) is 2. The van der Waals surface area contributed by atoms with Gasteiger partial charge in [0.1, 0.15) is 13.1 Å². The van der Waals surface area contributed by atoms with E-state index in [2.05, 4.69) is 10.2 Å². The lowest BCUT2D eigenvalue weighted by Crippen LogP contribution is -2.51. The van der Waals surface area contributed by atoms with Crippen LogP contribution in [0.4, 0.5) is 18.9 Å². The summed E-state index contributed by atoms with van der Waals surface area (Å²) in [7, 11) is 0. The van der Waals surface area contributed by atoms with Crippen LogP contribution < -0.4 is 10.2 Å². The maximum absolute atomic E-state index is 13.7. The largest absolute Gasteiger partial charge is 0.405 e. The normalized spacial score (nSPS) is 16.9. The Morgan fingerprint density at radius 2 is 1.86 bits per heavy atom. The van der Waals surface area contributed by atoms with Gasteiger partial charge < -0.3 is 15.1 Å². The Labute approximate surface area is 218 Å². The molecule has 8 nitrogen and oxygen atoms in total. The van der Waals surface area contributed by atoms with Crippen molar-refractivity contribution in [2.45, 2.75) is 24.4 Å². The van der Waals surface area contributed by atoms with Crippen LogP contribution in [-0.4, -0.2) is 65.2 Å². The number of hydrogen-bond donors (Lipinski definition) is 2. The summed E-state index contributed by atoms with van der Waals surface area (Å²) >= 11 is 12.8. The second-order valence-corrected chi connectivity index (χ2v) is 9.87. The maximum Gasteiger partial charge on any atom is 0.405 e. The van der Waals surface area contributed by atoms with Gasteiger partial charge in [0, 0.05) is 29.6 Å². The minimum absolute atomic E-state index is 0.149. The third kappa shape index (κ3) is 4.50. The third-order valence-corrected chi connectivity index (χ3v) is 7.68. The van der Waals surface area contributed by atoms with Gasteiger partial charge in [-0.15, -0.1) is 0 Å². The summed E-state index contributed by atoms with van der Waals surface area (Å²) in [4.78, 5) is 42.0. The quantitative estimate of drug-likeness (QED) is 0.508. The summed E-state index contributed by atoms with van der Waals surface area (Å²) in [6.45, 7) is -1.65. The van der Waals surface area contributed by atoms with E-state index in [0.29, 0.717) is 16.8 Å². The molecule has 2 aliphatic rings. The maximum atomic E-state index is 13.7. The molecule has 0 aliphatic carbocycles. The highest BCUT2D eigenvalue weighted by Crippen LogP contribution is 2.52. The van der Waals surface area contributed by atoms with Crippen LogP contribution in [0.15, 0.2) is 36.5 Å². The highest BCUT2D eigenvalue weighted by atomic mass is 35.5. The van der Waals surface area contributed by atoms with Gasteiger partial charge in [-0.25, -0.2) is 0 Å². The zero-order valence-electron chi connectivity index (χ0n) is 19.2. The van der Waals surface area contributed by atoms with Crippen molar-refractivity contribution < 1.29 is 27.6 Å². The lowest BCUT2D eigenvalue weighted by Gasteiger charge is -2.38. The first-order valence-electron chi connectivity index (χ1n) is 11.4. The van der Waals surface area contributed by atoms with Crippen molar-refractivity contribution in [1.29, 1.82) is 0 Å². The van der Waals surface area contributed by atoms with E-state index < -0.39 is 36.5 Å². The zero-order chi connectivity index (χ0) is 26.5. The van der Waals surface area contributed by atoms with Crippen LogP contribution in [-0.2, 0) is 15.0 Å². The first-order valence-corrected chi connectivity index (χ1v) is 12.1. The molecule has 0 saturated carbocycles. The van der Waals surface area contributed by atoms with Crippen molar-refractivity contribution in [2.75, 3.05) is 31.1 Å². The highest BCUT2D eigenvalue weighted by molar-refractivity contribution is 6.43. The minimum atomic E-state index is -4.58. The molecule has 3 aromatic rings. The van der Waals surface area contributed by atoms with Crippen LogP contribution >= 0.6 is 23.2 Å². The molecule has 0 bridgehead atoms. The predicted octanol–water partition coefficient (Wildman–Crippen LogP) is 4.07. The molecule has 1 aromatic heterocycles. The van der Waals surface area contributed by atoms with Crippen LogP contribution in [0.3, 0.4) is 0 Å². The van der Waals surface area contributed by atoms with E-state index in [1.165, 1.54) is 12.1 Å². The van der Waals surface area contributed by atoms with Crippen LogP contribution in [0.5, 0.6) is 0 Å². The van der Waals surface area contributed by atoms with Gasteiger partial charge in [0.2, 0.25) is 11.8 Å². The first kappa shape index (κ1) is 25.3. The SMILES string of the molecule is O=C(CN1C(=O)C2(CCN(C(=O)c3ccc4[nH]ncc4c3)CC2)c2c1ccc(Cl)c2Cl)NCC(F)(F)F.